The van der Waals surface area contributed by atoms with Crippen molar-refractivity contribution in [1.29, 1.82) is 0 Å². The van der Waals surface area contributed by atoms with Crippen LogP contribution in [0.25, 0.3) is 0 Å². The fraction of sp³-hybridized carbons (Fsp3) is 0.571. The maximum atomic E-state index is 10.1. The van der Waals surface area contributed by atoms with Crippen LogP contribution in [0.15, 0.2) is 18.2 Å². The molecule has 1 heteroatoms. The lowest BCUT2D eigenvalue weighted by atomic mass is 9.93. The number of aliphatic hydroxyl groups excluding tert-OH is 1. The Morgan fingerprint density at radius 2 is 1.60 bits per heavy atom. The third-order valence-corrected chi connectivity index (χ3v) is 2.89. The van der Waals surface area contributed by atoms with Gasteiger partial charge in [-0.1, -0.05) is 32.0 Å². The van der Waals surface area contributed by atoms with Crippen molar-refractivity contribution in [2.24, 2.45) is 5.92 Å². The van der Waals surface area contributed by atoms with Crippen molar-refractivity contribution in [3.8, 4) is 0 Å². The molecule has 0 aliphatic heterocycles. The van der Waals surface area contributed by atoms with Gasteiger partial charge in [-0.15, -0.1) is 0 Å². The van der Waals surface area contributed by atoms with E-state index in [1.54, 1.807) is 0 Å². The predicted molar refractivity (Wildman–Crippen MR) is 64.9 cm³/mol. The smallest absolute Gasteiger partial charge is 0.0795 e. The zero-order chi connectivity index (χ0) is 11.4. The summed E-state index contributed by atoms with van der Waals surface area (Å²) in [6.07, 6.45) is 1.65. The van der Waals surface area contributed by atoms with Gasteiger partial charge in [0.05, 0.1) is 6.10 Å². The van der Waals surface area contributed by atoms with Crippen LogP contribution >= 0.6 is 0 Å². The average Bonchev–Trinajstić information content (AvgIpc) is 2.14. The van der Waals surface area contributed by atoms with Crippen LogP contribution in [-0.4, -0.2) is 5.11 Å². The number of hydrogen-bond donors (Lipinski definition) is 1. The second kappa shape index (κ2) is 5.32. The monoisotopic (exact) mass is 206 g/mol. The van der Waals surface area contributed by atoms with Gasteiger partial charge in [-0.05, 0) is 49.3 Å². The largest absolute Gasteiger partial charge is 0.388 e. The normalized spacial score (nSPS) is 13.2. The fourth-order valence-electron chi connectivity index (χ4n) is 1.99. The summed E-state index contributed by atoms with van der Waals surface area (Å²) < 4.78 is 0. The summed E-state index contributed by atoms with van der Waals surface area (Å²) in [4.78, 5) is 0. The quantitative estimate of drug-likeness (QED) is 0.795. The minimum Gasteiger partial charge on any atom is -0.388 e. The van der Waals surface area contributed by atoms with Gasteiger partial charge in [-0.3, -0.25) is 0 Å². The molecule has 1 rings (SSSR count). The highest BCUT2D eigenvalue weighted by Gasteiger charge is 2.12. The van der Waals surface area contributed by atoms with E-state index < -0.39 is 0 Å². The number of aryl methyl sites for hydroxylation is 2. The van der Waals surface area contributed by atoms with E-state index in [4.69, 9.17) is 0 Å². The van der Waals surface area contributed by atoms with Gasteiger partial charge in [0.1, 0.15) is 0 Å². The van der Waals surface area contributed by atoms with Crippen LogP contribution in [0.1, 0.15) is 49.5 Å². The number of rotatable bonds is 4. The standard InChI is InChI=1S/C14H22O/c1-10(2)8-9-13(15)14-11(3)6-5-7-12(14)4/h5-7,10,13,15H,8-9H2,1-4H3. The van der Waals surface area contributed by atoms with Gasteiger partial charge in [0.15, 0.2) is 0 Å². The van der Waals surface area contributed by atoms with Crippen LogP contribution in [0, 0.1) is 19.8 Å². The summed E-state index contributed by atoms with van der Waals surface area (Å²) in [5.74, 6) is 0.656. The van der Waals surface area contributed by atoms with E-state index in [1.165, 1.54) is 11.1 Å². The Morgan fingerprint density at radius 3 is 2.07 bits per heavy atom. The van der Waals surface area contributed by atoms with E-state index in [1.807, 2.05) is 6.07 Å². The van der Waals surface area contributed by atoms with Gasteiger partial charge in [0.25, 0.3) is 0 Å². The van der Waals surface area contributed by atoms with Gasteiger partial charge in [-0.25, -0.2) is 0 Å². The third-order valence-electron chi connectivity index (χ3n) is 2.89. The molecule has 0 radical (unpaired) electrons. The van der Waals surface area contributed by atoms with Crippen molar-refractivity contribution in [2.45, 2.75) is 46.6 Å². The van der Waals surface area contributed by atoms with Crippen LogP contribution in [0.5, 0.6) is 0 Å². The first-order chi connectivity index (χ1) is 7.02. The summed E-state index contributed by atoms with van der Waals surface area (Å²) in [6, 6.07) is 6.19. The van der Waals surface area contributed by atoms with E-state index in [2.05, 4.69) is 39.8 Å². The predicted octanol–water partition coefficient (Wildman–Crippen LogP) is 3.77. The molecule has 1 aromatic rings. The van der Waals surface area contributed by atoms with E-state index in [-0.39, 0.29) is 6.10 Å². The first kappa shape index (κ1) is 12.3. The second-order valence-electron chi connectivity index (χ2n) is 4.79. The second-order valence-corrected chi connectivity index (χ2v) is 4.79. The highest BCUT2D eigenvalue weighted by Crippen LogP contribution is 2.26. The van der Waals surface area contributed by atoms with Gasteiger partial charge < -0.3 is 5.11 Å². The van der Waals surface area contributed by atoms with Crippen molar-refractivity contribution in [1.82, 2.24) is 0 Å². The SMILES string of the molecule is Cc1cccc(C)c1C(O)CCC(C)C. The minimum absolute atomic E-state index is 0.298. The Morgan fingerprint density at radius 1 is 1.07 bits per heavy atom. The zero-order valence-electron chi connectivity index (χ0n) is 10.2. The minimum atomic E-state index is -0.298. The number of benzene rings is 1. The summed E-state index contributed by atoms with van der Waals surface area (Å²) in [5, 5.41) is 10.1. The van der Waals surface area contributed by atoms with E-state index in [9.17, 15) is 5.11 Å². The van der Waals surface area contributed by atoms with Crippen LogP contribution < -0.4 is 0 Å². The Kier molecular flexibility index (Phi) is 4.34. The molecule has 0 aliphatic carbocycles. The Bertz CT molecular complexity index is 295. The summed E-state index contributed by atoms with van der Waals surface area (Å²) in [5.41, 5.74) is 3.52. The van der Waals surface area contributed by atoms with Crippen molar-refractivity contribution >= 4 is 0 Å². The Hall–Kier alpha value is -0.820. The zero-order valence-corrected chi connectivity index (χ0v) is 10.2. The molecular formula is C14H22O. The van der Waals surface area contributed by atoms with Gasteiger partial charge in [0.2, 0.25) is 0 Å². The summed E-state index contributed by atoms with van der Waals surface area (Å²) in [7, 11) is 0. The average molecular weight is 206 g/mol. The van der Waals surface area contributed by atoms with Crippen LogP contribution in [0.2, 0.25) is 0 Å². The van der Waals surface area contributed by atoms with Crippen molar-refractivity contribution in [3.05, 3.63) is 34.9 Å². The maximum absolute atomic E-state index is 10.1. The summed E-state index contributed by atoms with van der Waals surface area (Å²) in [6.45, 7) is 8.52. The van der Waals surface area contributed by atoms with Gasteiger partial charge in [0, 0.05) is 0 Å². The highest BCUT2D eigenvalue weighted by atomic mass is 16.3. The summed E-state index contributed by atoms with van der Waals surface area (Å²) >= 11 is 0. The van der Waals surface area contributed by atoms with E-state index in [0.717, 1.165) is 18.4 Å². The fourth-order valence-corrected chi connectivity index (χ4v) is 1.99. The molecule has 0 amide bonds. The maximum Gasteiger partial charge on any atom is 0.0795 e. The topological polar surface area (TPSA) is 20.2 Å². The molecule has 0 fully saturated rings. The van der Waals surface area contributed by atoms with Crippen LogP contribution in [-0.2, 0) is 0 Å². The molecule has 1 atom stereocenters. The number of hydrogen-bond acceptors (Lipinski definition) is 1. The molecule has 1 aromatic carbocycles. The van der Waals surface area contributed by atoms with Crippen molar-refractivity contribution < 1.29 is 5.11 Å². The van der Waals surface area contributed by atoms with Crippen molar-refractivity contribution in [2.75, 3.05) is 0 Å². The first-order valence-corrected chi connectivity index (χ1v) is 5.76. The molecule has 0 spiro atoms. The molecule has 15 heavy (non-hydrogen) atoms. The lowest BCUT2D eigenvalue weighted by Gasteiger charge is -2.17. The molecule has 1 nitrogen and oxygen atoms in total. The van der Waals surface area contributed by atoms with Crippen LogP contribution in [0.3, 0.4) is 0 Å². The number of aliphatic hydroxyl groups is 1. The molecular weight excluding hydrogens is 184 g/mol. The third kappa shape index (κ3) is 3.35. The first-order valence-electron chi connectivity index (χ1n) is 5.76. The van der Waals surface area contributed by atoms with E-state index in [0.29, 0.717) is 5.92 Å². The molecule has 1 N–H and O–H groups in total. The molecule has 84 valence electrons. The molecule has 0 saturated heterocycles. The molecule has 0 bridgehead atoms. The van der Waals surface area contributed by atoms with E-state index >= 15 is 0 Å². The molecule has 0 aromatic heterocycles. The van der Waals surface area contributed by atoms with Gasteiger partial charge in [-0.2, -0.15) is 0 Å². The van der Waals surface area contributed by atoms with Crippen LogP contribution in [0.4, 0.5) is 0 Å². The lowest BCUT2D eigenvalue weighted by molar-refractivity contribution is 0.158. The Labute approximate surface area is 93.1 Å². The molecule has 0 heterocycles. The Balaban J connectivity index is 2.77. The molecule has 0 aliphatic rings. The molecule has 1 unspecified atom stereocenters. The molecule has 0 saturated carbocycles. The highest BCUT2D eigenvalue weighted by molar-refractivity contribution is 5.35. The van der Waals surface area contributed by atoms with Gasteiger partial charge >= 0.3 is 0 Å². The van der Waals surface area contributed by atoms with Crippen molar-refractivity contribution in [3.63, 3.8) is 0 Å². The lowest BCUT2D eigenvalue weighted by Crippen LogP contribution is -2.04.